The van der Waals surface area contributed by atoms with E-state index in [2.05, 4.69) is 33.8 Å². The third-order valence-electron chi connectivity index (χ3n) is 3.78. The normalized spacial score (nSPS) is 15.9. The van der Waals surface area contributed by atoms with Gasteiger partial charge in [-0.2, -0.15) is 0 Å². The van der Waals surface area contributed by atoms with Crippen molar-refractivity contribution in [3.8, 4) is 0 Å². The molecule has 1 nitrogen and oxygen atoms in total. The summed E-state index contributed by atoms with van der Waals surface area (Å²) in [5, 5.41) is 0. The second-order valence-corrected chi connectivity index (χ2v) is 5.72. The highest BCUT2D eigenvalue weighted by Gasteiger charge is 2.03. The van der Waals surface area contributed by atoms with Crippen molar-refractivity contribution < 1.29 is 0 Å². The molecule has 0 aromatic carbocycles. The van der Waals surface area contributed by atoms with E-state index in [9.17, 15) is 0 Å². The van der Waals surface area contributed by atoms with Crippen molar-refractivity contribution in [3.63, 3.8) is 0 Å². The average Bonchev–Trinajstić information content (AvgIpc) is 2.29. The fraction of sp³-hybridized carbons (Fsp3) is 0.875. The minimum atomic E-state index is 0.785. The van der Waals surface area contributed by atoms with E-state index in [0.717, 1.165) is 24.8 Å². The Labute approximate surface area is 109 Å². The maximum atomic E-state index is 5.53. The van der Waals surface area contributed by atoms with Crippen LogP contribution in [0.2, 0.25) is 0 Å². The number of allylic oxidation sites excluding steroid dienone is 1. The third-order valence-corrected chi connectivity index (χ3v) is 3.78. The molecule has 102 valence electrons. The first-order valence-electron chi connectivity index (χ1n) is 7.45. The van der Waals surface area contributed by atoms with Gasteiger partial charge in [-0.15, -0.1) is 0 Å². The molecule has 0 saturated heterocycles. The van der Waals surface area contributed by atoms with Gasteiger partial charge in [-0.05, 0) is 44.6 Å². The molecular weight excluding hydrogens is 206 g/mol. The van der Waals surface area contributed by atoms with Gasteiger partial charge in [0.1, 0.15) is 0 Å². The lowest BCUT2D eigenvalue weighted by Gasteiger charge is -2.12. The van der Waals surface area contributed by atoms with Crippen LogP contribution in [0.25, 0.3) is 0 Å². The Bertz CT molecular complexity index is 196. The topological polar surface area (TPSA) is 26.0 Å². The molecule has 0 rings (SSSR count). The summed E-state index contributed by atoms with van der Waals surface area (Å²) in [5.74, 6) is 1.79. The molecule has 0 heterocycles. The first kappa shape index (κ1) is 16.7. The molecule has 0 aromatic rings. The highest BCUT2D eigenvalue weighted by atomic mass is 14.5. The van der Waals surface area contributed by atoms with Crippen molar-refractivity contribution in [2.24, 2.45) is 17.6 Å². The van der Waals surface area contributed by atoms with Crippen LogP contribution in [0.1, 0.15) is 72.6 Å². The maximum absolute atomic E-state index is 5.53. The molecule has 2 unspecified atom stereocenters. The Kier molecular flexibility index (Phi) is 10.6. The van der Waals surface area contributed by atoms with Crippen molar-refractivity contribution in [2.75, 3.05) is 6.54 Å². The Morgan fingerprint density at radius 1 is 1.12 bits per heavy atom. The van der Waals surface area contributed by atoms with Crippen LogP contribution >= 0.6 is 0 Å². The summed E-state index contributed by atoms with van der Waals surface area (Å²) in [4.78, 5) is 0. The molecule has 2 N–H and O–H groups in total. The van der Waals surface area contributed by atoms with Gasteiger partial charge in [0.2, 0.25) is 0 Å². The highest BCUT2D eigenvalue weighted by molar-refractivity contribution is 4.97. The largest absolute Gasteiger partial charge is 0.330 e. The van der Waals surface area contributed by atoms with Crippen LogP contribution in [0.4, 0.5) is 0 Å². The molecule has 0 aliphatic carbocycles. The van der Waals surface area contributed by atoms with Crippen LogP contribution < -0.4 is 5.73 Å². The number of hydrogen-bond acceptors (Lipinski definition) is 1. The summed E-state index contributed by atoms with van der Waals surface area (Å²) in [6.45, 7) is 10.0. The second kappa shape index (κ2) is 10.8. The van der Waals surface area contributed by atoms with Gasteiger partial charge in [-0.1, -0.05) is 58.1 Å². The van der Waals surface area contributed by atoms with Crippen LogP contribution in [0.5, 0.6) is 0 Å². The molecule has 0 fully saturated rings. The van der Waals surface area contributed by atoms with Gasteiger partial charge in [0.25, 0.3) is 0 Å². The zero-order chi connectivity index (χ0) is 13.1. The summed E-state index contributed by atoms with van der Waals surface area (Å²) < 4.78 is 0. The lowest BCUT2D eigenvalue weighted by Crippen LogP contribution is -1.99. The molecule has 0 radical (unpaired) electrons. The summed E-state index contributed by atoms with van der Waals surface area (Å²) in [5.41, 5.74) is 6.98. The van der Waals surface area contributed by atoms with Gasteiger partial charge < -0.3 is 5.73 Å². The van der Waals surface area contributed by atoms with Crippen LogP contribution in [-0.4, -0.2) is 6.54 Å². The molecule has 0 spiro atoms. The SMILES string of the molecule is CCC(C)CCCC(C)CC/C=C(\C)CCN. The van der Waals surface area contributed by atoms with Crippen LogP contribution in [0, 0.1) is 11.8 Å². The molecule has 17 heavy (non-hydrogen) atoms. The molecule has 1 heteroatoms. The summed E-state index contributed by atoms with van der Waals surface area (Å²) in [6, 6.07) is 0. The van der Waals surface area contributed by atoms with Gasteiger partial charge in [-0.25, -0.2) is 0 Å². The van der Waals surface area contributed by atoms with Crippen LogP contribution in [0.3, 0.4) is 0 Å². The van der Waals surface area contributed by atoms with Gasteiger partial charge >= 0.3 is 0 Å². The quantitative estimate of drug-likeness (QED) is 0.538. The molecule has 0 aromatic heterocycles. The molecule has 0 amide bonds. The van der Waals surface area contributed by atoms with Crippen LogP contribution in [-0.2, 0) is 0 Å². The maximum Gasteiger partial charge on any atom is -0.00401 e. The molecule has 0 aliphatic rings. The summed E-state index contributed by atoms with van der Waals surface area (Å²) in [6.07, 6.45) is 11.5. The van der Waals surface area contributed by atoms with Crippen molar-refractivity contribution in [3.05, 3.63) is 11.6 Å². The Hall–Kier alpha value is -0.300. The van der Waals surface area contributed by atoms with E-state index in [1.54, 1.807) is 0 Å². The third kappa shape index (κ3) is 10.6. The first-order chi connectivity index (χ1) is 8.10. The van der Waals surface area contributed by atoms with Gasteiger partial charge in [0, 0.05) is 0 Å². The fourth-order valence-corrected chi connectivity index (χ4v) is 2.11. The average molecular weight is 239 g/mol. The predicted molar refractivity (Wildman–Crippen MR) is 79.1 cm³/mol. The summed E-state index contributed by atoms with van der Waals surface area (Å²) in [7, 11) is 0. The zero-order valence-electron chi connectivity index (χ0n) is 12.5. The second-order valence-electron chi connectivity index (χ2n) is 5.72. The van der Waals surface area contributed by atoms with Crippen molar-refractivity contribution in [2.45, 2.75) is 72.6 Å². The van der Waals surface area contributed by atoms with E-state index in [-0.39, 0.29) is 0 Å². The van der Waals surface area contributed by atoms with Crippen molar-refractivity contribution in [1.29, 1.82) is 0 Å². The smallest absolute Gasteiger partial charge is 0.00401 e. The predicted octanol–water partition coefficient (Wildman–Crippen LogP) is 4.91. The van der Waals surface area contributed by atoms with Crippen molar-refractivity contribution in [1.82, 2.24) is 0 Å². The molecular formula is C16H33N. The van der Waals surface area contributed by atoms with Crippen molar-refractivity contribution >= 4 is 0 Å². The lowest BCUT2D eigenvalue weighted by molar-refractivity contribution is 0.420. The first-order valence-corrected chi connectivity index (χ1v) is 7.45. The van der Waals surface area contributed by atoms with E-state index in [4.69, 9.17) is 5.73 Å². The number of hydrogen-bond donors (Lipinski definition) is 1. The summed E-state index contributed by atoms with van der Waals surface area (Å²) >= 11 is 0. The van der Waals surface area contributed by atoms with Crippen LogP contribution in [0.15, 0.2) is 11.6 Å². The van der Waals surface area contributed by atoms with E-state index in [1.165, 1.54) is 44.1 Å². The van der Waals surface area contributed by atoms with E-state index >= 15 is 0 Å². The standard InChI is InChI=1S/C16H33N/c1-5-14(2)8-6-9-15(3)10-7-11-16(4)12-13-17/h11,14-15H,5-10,12-13,17H2,1-4H3/b16-11+. The highest BCUT2D eigenvalue weighted by Crippen LogP contribution is 2.18. The molecule has 2 atom stereocenters. The van der Waals surface area contributed by atoms with Gasteiger partial charge in [0.15, 0.2) is 0 Å². The van der Waals surface area contributed by atoms with E-state index in [0.29, 0.717) is 0 Å². The Balaban J connectivity index is 3.52. The molecule has 0 bridgehead atoms. The monoisotopic (exact) mass is 239 g/mol. The fourth-order valence-electron chi connectivity index (χ4n) is 2.11. The van der Waals surface area contributed by atoms with Gasteiger partial charge in [0.05, 0.1) is 0 Å². The zero-order valence-corrected chi connectivity index (χ0v) is 12.5. The van der Waals surface area contributed by atoms with E-state index in [1.807, 2.05) is 0 Å². The Morgan fingerprint density at radius 2 is 1.76 bits per heavy atom. The number of rotatable bonds is 10. The van der Waals surface area contributed by atoms with Gasteiger partial charge in [-0.3, -0.25) is 0 Å². The molecule has 0 aliphatic heterocycles. The molecule has 0 saturated carbocycles. The number of nitrogens with two attached hydrogens (primary N) is 1. The minimum Gasteiger partial charge on any atom is -0.330 e. The van der Waals surface area contributed by atoms with E-state index < -0.39 is 0 Å². The Morgan fingerprint density at radius 3 is 2.35 bits per heavy atom. The minimum absolute atomic E-state index is 0.785. The lowest BCUT2D eigenvalue weighted by atomic mass is 9.94.